The van der Waals surface area contributed by atoms with Gasteiger partial charge in [0.25, 0.3) is 11.6 Å². The second-order valence-corrected chi connectivity index (χ2v) is 6.90. The van der Waals surface area contributed by atoms with Crippen LogP contribution in [0, 0.1) is 10.1 Å². The van der Waals surface area contributed by atoms with E-state index in [2.05, 4.69) is 4.90 Å². The quantitative estimate of drug-likeness (QED) is 0.584. The fraction of sp³-hybridized carbons (Fsp3) is 0.278. The number of halogens is 2. The summed E-state index contributed by atoms with van der Waals surface area (Å²) < 4.78 is 0. The lowest BCUT2D eigenvalue weighted by atomic mass is 10.1. The van der Waals surface area contributed by atoms with Crippen molar-refractivity contribution in [3.8, 4) is 0 Å². The van der Waals surface area contributed by atoms with E-state index in [-0.39, 0.29) is 22.2 Å². The molecule has 8 heteroatoms. The Morgan fingerprint density at radius 2 is 1.73 bits per heavy atom. The van der Waals surface area contributed by atoms with Crippen molar-refractivity contribution in [2.24, 2.45) is 0 Å². The third kappa shape index (κ3) is 4.15. The largest absolute Gasteiger partial charge is 0.336 e. The van der Waals surface area contributed by atoms with Crippen LogP contribution in [-0.4, -0.2) is 46.8 Å². The Morgan fingerprint density at radius 3 is 2.38 bits per heavy atom. The zero-order chi connectivity index (χ0) is 18.7. The molecule has 0 aliphatic carbocycles. The van der Waals surface area contributed by atoms with Crippen molar-refractivity contribution in [3.63, 3.8) is 0 Å². The highest BCUT2D eigenvalue weighted by atomic mass is 35.5. The predicted molar refractivity (Wildman–Crippen MR) is 101 cm³/mol. The molecular formula is C18H17Cl2N3O3. The number of nitro benzene ring substituents is 1. The summed E-state index contributed by atoms with van der Waals surface area (Å²) in [5, 5.41) is 11.8. The molecule has 0 N–H and O–H groups in total. The van der Waals surface area contributed by atoms with Crippen LogP contribution in [0.25, 0.3) is 0 Å². The summed E-state index contributed by atoms with van der Waals surface area (Å²) in [6.07, 6.45) is 0. The second kappa shape index (κ2) is 8.03. The summed E-state index contributed by atoms with van der Waals surface area (Å²) in [6.45, 7) is 3.27. The summed E-state index contributed by atoms with van der Waals surface area (Å²) in [4.78, 5) is 27.0. The van der Waals surface area contributed by atoms with Crippen molar-refractivity contribution < 1.29 is 9.72 Å². The summed E-state index contributed by atoms with van der Waals surface area (Å²) in [7, 11) is 0. The van der Waals surface area contributed by atoms with Gasteiger partial charge in [0, 0.05) is 49.4 Å². The SMILES string of the molecule is O=C(c1ccc(Cl)c([N+](=O)[O-])c1)N1CCN(Cc2ccccc2Cl)CC1. The summed E-state index contributed by atoms with van der Waals surface area (Å²) in [5.74, 6) is -0.220. The highest BCUT2D eigenvalue weighted by Crippen LogP contribution is 2.26. The zero-order valence-corrected chi connectivity index (χ0v) is 15.4. The Morgan fingerprint density at radius 1 is 1.04 bits per heavy atom. The molecule has 26 heavy (non-hydrogen) atoms. The number of carbonyl (C=O) groups is 1. The van der Waals surface area contributed by atoms with Crippen LogP contribution in [0.5, 0.6) is 0 Å². The molecule has 0 saturated carbocycles. The first-order valence-electron chi connectivity index (χ1n) is 8.14. The topological polar surface area (TPSA) is 66.7 Å². The van der Waals surface area contributed by atoms with Crippen LogP contribution in [0.3, 0.4) is 0 Å². The van der Waals surface area contributed by atoms with Gasteiger partial charge in [-0.15, -0.1) is 0 Å². The number of piperazine rings is 1. The number of carbonyl (C=O) groups excluding carboxylic acids is 1. The first-order chi connectivity index (χ1) is 12.5. The molecule has 1 aliphatic heterocycles. The lowest BCUT2D eigenvalue weighted by molar-refractivity contribution is -0.384. The van der Waals surface area contributed by atoms with E-state index in [4.69, 9.17) is 23.2 Å². The van der Waals surface area contributed by atoms with Crippen molar-refractivity contribution in [2.75, 3.05) is 26.2 Å². The van der Waals surface area contributed by atoms with Crippen molar-refractivity contribution in [2.45, 2.75) is 6.54 Å². The Bertz CT molecular complexity index is 836. The normalized spacial score (nSPS) is 15.1. The van der Waals surface area contributed by atoms with Crippen LogP contribution in [0.2, 0.25) is 10.0 Å². The van der Waals surface area contributed by atoms with E-state index < -0.39 is 4.92 Å². The van der Waals surface area contributed by atoms with E-state index in [9.17, 15) is 14.9 Å². The third-order valence-electron chi connectivity index (χ3n) is 4.40. The maximum absolute atomic E-state index is 12.6. The minimum Gasteiger partial charge on any atom is -0.336 e. The predicted octanol–water partition coefficient (Wildman–Crippen LogP) is 3.86. The van der Waals surface area contributed by atoms with Crippen LogP contribution in [-0.2, 0) is 6.54 Å². The van der Waals surface area contributed by atoms with Gasteiger partial charge in [-0.05, 0) is 23.8 Å². The Balaban J connectivity index is 1.63. The molecule has 1 saturated heterocycles. The monoisotopic (exact) mass is 393 g/mol. The van der Waals surface area contributed by atoms with Gasteiger partial charge in [0.05, 0.1) is 4.92 Å². The number of nitro groups is 1. The Labute approximate surface area is 161 Å². The molecule has 0 radical (unpaired) electrons. The molecule has 1 amide bonds. The maximum atomic E-state index is 12.6. The molecule has 1 aliphatic rings. The third-order valence-corrected chi connectivity index (χ3v) is 5.09. The van der Waals surface area contributed by atoms with E-state index in [1.54, 1.807) is 4.90 Å². The molecule has 0 aromatic heterocycles. The average molecular weight is 394 g/mol. The van der Waals surface area contributed by atoms with Crippen molar-refractivity contribution in [1.29, 1.82) is 0 Å². The van der Waals surface area contributed by atoms with Gasteiger partial charge in [-0.3, -0.25) is 19.8 Å². The van der Waals surface area contributed by atoms with E-state index >= 15 is 0 Å². The fourth-order valence-corrected chi connectivity index (χ4v) is 3.33. The molecule has 1 fully saturated rings. The maximum Gasteiger partial charge on any atom is 0.288 e. The molecule has 6 nitrogen and oxygen atoms in total. The van der Waals surface area contributed by atoms with Gasteiger partial charge in [0.2, 0.25) is 0 Å². The van der Waals surface area contributed by atoms with Gasteiger partial charge in [0.1, 0.15) is 5.02 Å². The Kier molecular flexibility index (Phi) is 5.76. The Hall–Kier alpha value is -2.15. The second-order valence-electron chi connectivity index (χ2n) is 6.08. The summed E-state index contributed by atoms with van der Waals surface area (Å²) in [6, 6.07) is 11.9. The van der Waals surface area contributed by atoms with Crippen molar-refractivity contribution >= 4 is 34.8 Å². The van der Waals surface area contributed by atoms with Gasteiger partial charge in [-0.2, -0.15) is 0 Å². The minimum atomic E-state index is -0.583. The van der Waals surface area contributed by atoms with Crippen LogP contribution in [0.15, 0.2) is 42.5 Å². The molecule has 2 aromatic carbocycles. The smallest absolute Gasteiger partial charge is 0.288 e. The lowest BCUT2D eigenvalue weighted by Crippen LogP contribution is -2.48. The number of hydrogen-bond acceptors (Lipinski definition) is 4. The molecule has 0 spiro atoms. The average Bonchev–Trinajstić information content (AvgIpc) is 2.64. The standard InChI is InChI=1S/C18H17Cl2N3O3/c19-15-4-2-1-3-14(15)12-21-7-9-22(10-8-21)18(24)13-5-6-16(20)17(11-13)23(25)26/h1-6,11H,7-10,12H2. The highest BCUT2D eigenvalue weighted by Gasteiger charge is 2.24. The van der Waals surface area contributed by atoms with Crippen LogP contribution < -0.4 is 0 Å². The van der Waals surface area contributed by atoms with Crippen LogP contribution >= 0.6 is 23.2 Å². The number of hydrogen-bond donors (Lipinski definition) is 0. The highest BCUT2D eigenvalue weighted by molar-refractivity contribution is 6.32. The van der Waals surface area contributed by atoms with E-state index in [1.165, 1.54) is 18.2 Å². The first-order valence-corrected chi connectivity index (χ1v) is 8.90. The number of amides is 1. The van der Waals surface area contributed by atoms with Gasteiger partial charge < -0.3 is 4.90 Å². The molecular weight excluding hydrogens is 377 g/mol. The van der Waals surface area contributed by atoms with Gasteiger partial charge in [-0.25, -0.2) is 0 Å². The lowest BCUT2D eigenvalue weighted by Gasteiger charge is -2.35. The molecule has 3 rings (SSSR count). The van der Waals surface area contributed by atoms with Gasteiger partial charge >= 0.3 is 0 Å². The van der Waals surface area contributed by atoms with Crippen LogP contribution in [0.4, 0.5) is 5.69 Å². The molecule has 0 atom stereocenters. The first kappa shape index (κ1) is 18.6. The van der Waals surface area contributed by atoms with E-state index in [0.717, 1.165) is 17.1 Å². The molecule has 2 aromatic rings. The molecule has 0 unspecified atom stereocenters. The molecule has 136 valence electrons. The molecule has 0 bridgehead atoms. The van der Waals surface area contributed by atoms with Crippen molar-refractivity contribution in [1.82, 2.24) is 9.80 Å². The van der Waals surface area contributed by atoms with E-state index in [1.807, 2.05) is 24.3 Å². The van der Waals surface area contributed by atoms with Crippen molar-refractivity contribution in [3.05, 3.63) is 73.8 Å². The minimum absolute atomic E-state index is 0.0242. The van der Waals surface area contributed by atoms with E-state index in [0.29, 0.717) is 26.2 Å². The molecule has 1 heterocycles. The summed E-state index contributed by atoms with van der Waals surface area (Å²) >= 11 is 12.0. The summed E-state index contributed by atoms with van der Waals surface area (Å²) in [5.41, 5.74) is 1.08. The fourth-order valence-electron chi connectivity index (χ4n) is 2.94. The van der Waals surface area contributed by atoms with Gasteiger partial charge in [-0.1, -0.05) is 41.4 Å². The number of nitrogens with zero attached hydrogens (tertiary/aromatic N) is 3. The van der Waals surface area contributed by atoms with Crippen LogP contribution in [0.1, 0.15) is 15.9 Å². The van der Waals surface area contributed by atoms with Gasteiger partial charge in [0.15, 0.2) is 0 Å². The number of rotatable bonds is 4. The number of benzene rings is 2. The zero-order valence-electron chi connectivity index (χ0n) is 13.9.